The van der Waals surface area contributed by atoms with E-state index in [2.05, 4.69) is 10.6 Å². The number of carbonyl (C=O) groups is 2. The highest BCUT2D eigenvalue weighted by molar-refractivity contribution is 5.94. The summed E-state index contributed by atoms with van der Waals surface area (Å²) in [5.74, 6) is 0.802. The molecule has 6 nitrogen and oxygen atoms in total. The summed E-state index contributed by atoms with van der Waals surface area (Å²) in [6.07, 6.45) is 0. The van der Waals surface area contributed by atoms with E-state index in [4.69, 9.17) is 9.47 Å². The number of rotatable bonds is 8. The molecule has 0 fully saturated rings. The SMILES string of the molecule is CCOc1ccc(C(=O)NCCNC(=O)C(C)C)cc1OC. The van der Waals surface area contributed by atoms with Crippen LogP contribution in [0.5, 0.6) is 11.5 Å². The lowest BCUT2D eigenvalue weighted by atomic mass is 10.2. The summed E-state index contributed by atoms with van der Waals surface area (Å²) in [6.45, 7) is 6.81. The van der Waals surface area contributed by atoms with Crippen LogP contribution in [0, 0.1) is 5.92 Å². The number of methoxy groups -OCH3 is 1. The molecule has 1 aromatic rings. The molecule has 122 valence electrons. The molecule has 0 saturated heterocycles. The normalized spacial score (nSPS) is 10.2. The molecule has 0 aromatic heterocycles. The number of hydrogen-bond acceptors (Lipinski definition) is 4. The Hall–Kier alpha value is -2.24. The van der Waals surface area contributed by atoms with Gasteiger partial charge in [-0.25, -0.2) is 0 Å². The highest BCUT2D eigenvalue weighted by atomic mass is 16.5. The second-order valence-electron chi connectivity index (χ2n) is 5.00. The molecule has 0 aliphatic heterocycles. The van der Waals surface area contributed by atoms with E-state index < -0.39 is 0 Å². The smallest absolute Gasteiger partial charge is 0.251 e. The van der Waals surface area contributed by atoms with Crippen molar-refractivity contribution in [1.29, 1.82) is 0 Å². The van der Waals surface area contributed by atoms with Crippen LogP contribution in [0.3, 0.4) is 0 Å². The van der Waals surface area contributed by atoms with E-state index >= 15 is 0 Å². The van der Waals surface area contributed by atoms with Crippen LogP contribution in [0.25, 0.3) is 0 Å². The van der Waals surface area contributed by atoms with E-state index in [-0.39, 0.29) is 17.7 Å². The Bertz CT molecular complexity index is 515. The van der Waals surface area contributed by atoms with Gasteiger partial charge in [0.05, 0.1) is 13.7 Å². The van der Waals surface area contributed by atoms with E-state index in [0.29, 0.717) is 36.8 Å². The summed E-state index contributed by atoms with van der Waals surface area (Å²) in [4.78, 5) is 23.4. The summed E-state index contributed by atoms with van der Waals surface area (Å²) in [7, 11) is 1.53. The maximum absolute atomic E-state index is 12.0. The van der Waals surface area contributed by atoms with Gasteiger partial charge in [0.2, 0.25) is 5.91 Å². The van der Waals surface area contributed by atoms with Gasteiger partial charge in [0.15, 0.2) is 11.5 Å². The van der Waals surface area contributed by atoms with E-state index in [0.717, 1.165) is 0 Å². The number of amides is 2. The lowest BCUT2D eigenvalue weighted by Crippen LogP contribution is -2.36. The summed E-state index contributed by atoms with van der Waals surface area (Å²) >= 11 is 0. The Morgan fingerprint density at radius 3 is 2.41 bits per heavy atom. The molecule has 0 aliphatic carbocycles. The van der Waals surface area contributed by atoms with E-state index in [9.17, 15) is 9.59 Å². The first kappa shape index (κ1) is 17.8. The number of nitrogens with one attached hydrogen (secondary N) is 2. The zero-order valence-corrected chi connectivity index (χ0v) is 13.6. The van der Waals surface area contributed by atoms with Crippen molar-refractivity contribution in [2.75, 3.05) is 26.8 Å². The van der Waals surface area contributed by atoms with E-state index in [1.807, 2.05) is 20.8 Å². The van der Waals surface area contributed by atoms with Gasteiger partial charge in [-0.2, -0.15) is 0 Å². The first-order valence-corrected chi connectivity index (χ1v) is 7.36. The van der Waals surface area contributed by atoms with Gasteiger partial charge in [0.1, 0.15) is 0 Å². The van der Waals surface area contributed by atoms with E-state index in [1.165, 1.54) is 7.11 Å². The molecular weight excluding hydrogens is 284 g/mol. The molecule has 1 rings (SSSR count). The molecule has 0 heterocycles. The van der Waals surface area contributed by atoms with Crippen molar-refractivity contribution in [3.63, 3.8) is 0 Å². The molecule has 0 atom stereocenters. The molecule has 6 heteroatoms. The standard InChI is InChI=1S/C16H24N2O4/c1-5-22-13-7-6-12(10-14(13)21-4)16(20)18-9-8-17-15(19)11(2)3/h6-7,10-11H,5,8-9H2,1-4H3,(H,17,19)(H,18,20). The number of carbonyl (C=O) groups excluding carboxylic acids is 2. The summed E-state index contributed by atoms with van der Waals surface area (Å²) in [6, 6.07) is 5.01. The van der Waals surface area contributed by atoms with Crippen molar-refractivity contribution in [1.82, 2.24) is 10.6 Å². The quantitative estimate of drug-likeness (QED) is 0.715. The molecule has 22 heavy (non-hydrogen) atoms. The van der Waals surface area contributed by atoms with Crippen LogP contribution in [0.2, 0.25) is 0 Å². The second kappa shape index (κ2) is 8.92. The van der Waals surface area contributed by atoms with E-state index in [1.54, 1.807) is 18.2 Å². The predicted octanol–water partition coefficient (Wildman–Crippen LogP) is 1.60. The lowest BCUT2D eigenvalue weighted by Gasteiger charge is -2.12. The van der Waals surface area contributed by atoms with Gasteiger partial charge in [0.25, 0.3) is 5.91 Å². The van der Waals surface area contributed by atoms with Crippen molar-refractivity contribution in [3.8, 4) is 11.5 Å². The molecule has 0 unspecified atom stereocenters. The van der Waals surface area contributed by atoms with Crippen LogP contribution in [0.4, 0.5) is 0 Å². The molecule has 0 bridgehead atoms. The Kier molecular flexibility index (Phi) is 7.22. The maximum Gasteiger partial charge on any atom is 0.251 e. The Balaban J connectivity index is 2.53. The Morgan fingerprint density at radius 1 is 1.14 bits per heavy atom. The molecule has 0 radical (unpaired) electrons. The molecule has 0 saturated carbocycles. The minimum Gasteiger partial charge on any atom is -0.493 e. The number of hydrogen-bond donors (Lipinski definition) is 2. The zero-order chi connectivity index (χ0) is 16.5. The number of benzene rings is 1. The molecular formula is C16H24N2O4. The van der Waals surface area contributed by atoms with Gasteiger partial charge in [0, 0.05) is 24.6 Å². The fourth-order valence-corrected chi connectivity index (χ4v) is 1.75. The van der Waals surface area contributed by atoms with Gasteiger partial charge < -0.3 is 20.1 Å². The third-order valence-electron chi connectivity index (χ3n) is 2.96. The lowest BCUT2D eigenvalue weighted by molar-refractivity contribution is -0.123. The molecule has 0 spiro atoms. The van der Waals surface area contributed by atoms with Gasteiger partial charge in [-0.1, -0.05) is 13.8 Å². The van der Waals surface area contributed by atoms with Gasteiger partial charge >= 0.3 is 0 Å². The summed E-state index contributed by atoms with van der Waals surface area (Å²) in [5.41, 5.74) is 0.482. The highest BCUT2D eigenvalue weighted by Crippen LogP contribution is 2.27. The molecule has 1 aromatic carbocycles. The first-order chi connectivity index (χ1) is 10.5. The van der Waals surface area contributed by atoms with Crippen molar-refractivity contribution in [2.45, 2.75) is 20.8 Å². The predicted molar refractivity (Wildman–Crippen MR) is 84.3 cm³/mol. The van der Waals surface area contributed by atoms with Crippen molar-refractivity contribution < 1.29 is 19.1 Å². The third-order valence-corrected chi connectivity index (χ3v) is 2.96. The van der Waals surface area contributed by atoms with Crippen LogP contribution >= 0.6 is 0 Å². The highest BCUT2D eigenvalue weighted by Gasteiger charge is 2.11. The average Bonchev–Trinajstić information content (AvgIpc) is 2.51. The first-order valence-electron chi connectivity index (χ1n) is 7.36. The minimum absolute atomic E-state index is 0.0306. The largest absolute Gasteiger partial charge is 0.493 e. The Labute approximate surface area is 131 Å². The fraction of sp³-hybridized carbons (Fsp3) is 0.500. The van der Waals surface area contributed by atoms with Crippen LogP contribution in [0.1, 0.15) is 31.1 Å². The fourth-order valence-electron chi connectivity index (χ4n) is 1.75. The van der Waals surface area contributed by atoms with Crippen molar-refractivity contribution >= 4 is 11.8 Å². The third kappa shape index (κ3) is 5.27. The second-order valence-corrected chi connectivity index (χ2v) is 5.00. The summed E-state index contributed by atoms with van der Waals surface area (Å²) < 4.78 is 10.6. The molecule has 2 amide bonds. The van der Waals surface area contributed by atoms with Crippen LogP contribution in [-0.4, -0.2) is 38.6 Å². The Morgan fingerprint density at radius 2 is 1.82 bits per heavy atom. The van der Waals surface area contributed by atoms with Crippen LogP contribution in [0.15, 0.2) is 18.2 Å². The van der Waals surface area contributed by atoms with Crippen LogP contribution in [-0.2, 0) is 4.79 Å². The number of ether oxygens (including phenoxy) is 2. The van der Waals surface area contributed by atoms with Gasteiger partial charge in [-0.3, -0.25) is 9.59 Å². The van der Waals surface area contributed by atoms with Gasteiger partial charge in [-0.15, -0.1) is 0 Å². The topological polar surface area (TPSA) is 76.7 Å². The minimum atomic E-state index is -0.222. The maximum atomic E-state index is 12.0. The van der Waals surface area contributed by atoms with Gasteiger partial charge in [-0.05, 0) is 25.1 Å². The van der Waals surface area contributed by atoms with Crippen molar-refractivity contribution in [2.24, 2.45) is 5.92 Å². The van der Waals surface area contributed by atoms with Crippen LogP contribution < -0.4 is 20.1 Å². The molecule has 2 N–H and O–H groups in total. The summed E-state index contributed by atoms with van der Waals surface area (Å²) in [5, 5.41) is 5.48. The zero-order valence-electron chi connectivity index (χ0n) is 13.6. The monoisotopic (exact) mass is 308 g/mol. The average molecular weight is 308 g/mol. The molecule has 0 aliphatic rings. The van der Waals surface area contributed by atoms with Crippen molar-refractivity contribution in [3.05, 3.63) is 23.8 Å².